The highest BCUT2D eigenvalue weighted by Crippen LogP contribution is 2.16. The maximum atomic E-state index is 13.5. The van der Waals surface area contributed by atoms with Gasteiger partial charge in [-0.3, -0.25) is 9.59 Å². The molecule has 0 heterocycles. The lowest BCUT2D eigenvalue weighted by Gasteiger charge is -2.18. The van der Waals surface area contributed by atoms with Gasteiger partial charge in [-0.25, -0.2) is 8.78 Å². The number of amides is 1. The maximum absolute atomic E-state index is 13.5. The summed E-state index contributed by atoms with van der Waals surface area (Å²) in [5, 5.41) is 8.66. The molecule has 0 aromatic heterocycles. The van der Waals surface area contributed by atoms with Crippen LogP contribution in [-0.4, -0.2) is 35.0 Å². The van der Waals surface area contributed by atoms with Crippen LogP contribution >= 0.6 is 0 Å². The number of carboxylic acid groups (broad SMARTS) is 1. The zero-order chi connectivity index (χ0) is 14.6. The predicted octanol–water partition coefficient (Wildman–Crippen LogP) is 1.43. The highest BCUT2D eigenvalue weighted by Gasteiger charge is 2.22. The second-order valence-electron chi connectivity index (χ2n) is 3.84. The highest BCUT2D eigenvalue weighted by molar-refractivity contribution is 5.96. The lowest BCUT2D eigenvalue weighted by Crippen LogP contribution is -2.36. The molecule has 0 radical (unpaired) electrons. The van der Waals surface area contributed by atoms with Crippen LogP contribution in [0.4, 0.5) is 8.78 Å². The van der Waals surface area contributed by atoms with E-state index in [-0.39, 0.29) is 12.1 Å². The smallest absolute Gasteiger partial charge is 0.323 e. The number of nitrogens with zero attached hydrogens (tertiary/aromatic N) is 1. The Morgan fingerprint density at radius 3 is 2.53 bits per heavy atom. The molecule has 1 aromatic carbocycles. The Bertz CT molecular complexity index is 564. The van der Waals surface area contributed by atoms with Crippen LogP contribution < -0.4 is 0 Å². The van der Waals surface area contributed by atoms with Crippen molar-refractivity contribution in [2.24, 2.45) is 0 Å². The largest absolute Gasteiger partial charge is 0.480 e. The van der Waals surface area contributed by atoms with Crippen molar-refractivity contribution < 1.29 is 23.5 Å². The molecular weight excluding hydrogens is 256 g/mol. The van der Waals surface area contributed by atoms with Crippen LogP contribution in [0, 0.1) is 30.9 Å². The van der Waals surface area contributed by atoms with E-state index in [2.05, 4.69) is 5.92 Å². The quantitative estimate of drug-likeness (QED) is 0.840. The Labute approximate surface area is 108 Å². The third kappa shape index (κ3) is 3.52. The Morgan fingerprint density at radius 1 is 1.37 bits per heavy atom. The minimum Gasteiger partial charge on any atom is -0.480 e. The Hall–Kier alpha value is -2.42. The molecule has 6 heteroatoms. The van der Waals surface area contributed by atoms with Crippen molar-refractivity contribution in [3.05, 3.63) is 34.9 Å². The predicted molar refractivity (Wildman–Crippen MR) is 63.5 cm³/mol. The van der Waals surface area contributed by atoms with Gasteiger partial charge in [0.25, 0.3) is 5.91 Å². The molecule has 0 aliphatic rings. The summed E-state index contributed by atoms with van der Waals surface area (Å²) in [6.45, 7) is 0.439. The molecule has 1 amide bonds. The molecule has 100 valence electrons. The van der Waals surface area contributed by atoms with E-state index < -0.39 is 35.6 Å². The van der Waals surface area contributed by atoms with Crippen molar-refractivity contribution in [2.75, 3.05) is 13.1 Å². The van der Waals surface area contributed by atoms with Gasteiger partial charge in [0.1, 0.15) is 18.2 Å². The number of aliphatic carboxylic acids is 1. The summed E-state index contributed by atoms with van der Waals surface area (Å²) in [4.78, 5) is 23.4. The lowest BCUT2D eigenvalue weighted by atomic mass is 10.1. The van der Waals surface area contributed by atoms with Crippen LogP contribution in [0.5, 0.6) is 0 Å². The summed E-state index contributed by atoms with van der Waals surface area (Å²) < 4.78 is 26.6. The molecule has 0 unspecified atom stereocenters. The number of hydrogen-bond donors (Lipinski definition) is 1. The van der Waals surface area contributed by atoms with Crippen LogP contribution in [0.25, 0.3) is 0 Å². The number of carboxylic acids is 1. The second kappa shape index (κ2) is 5.96. The zero-order valence-corrected chi connectivity index (χ0v) is 10.1. The average Bonchev–Trinajstić information content (AvgIpc) is 2.32. The van der Waals surface area contributed by atoms with E-state index in [4.69, 9.17) is 11.5 Å². The number of benzene rings is 1. The van der Waals surface area contributed by atoms with E-state index in [1.54, 1.807) is 0 Å². The van der Waals surface area contributed by atoms with Crippen LogP contribution in [-0.2, 0) is 4.79 Å². The van der Waals surface area contributed by atoms with Crippen molar-refractivity contribution in [1.82, 2.24) is 4.90 Å². The summed E-state index contributed by atoms with van der Waals surface area (Å²) in [5.41, 5.74) is -0.323. The number of rotatable bonds is 4. The standard InChI is InChI=1S/C13H11F2NO3/c1-3-4-16(7-12(17)18)13(19)9-5-8(2)10(14)6-11(9)15/h1,5-6H,4,7H2,2H3,(H,17,18). The molecular formula is C13H11F2NO3. The van der Waals surface area contributed by atoms with Gasteiger partial charge in [-0.2, -0.15) is 0 Å². The van der Waals surface area contributed by atoms with E-state index in [1.165, 1.54) is 6.92 Å². The topological polar surface area (TPSA) is 57.6 Å². The van der Waals surface area contributed by atoms with Crippen LogP contribution in [0.1, 0.15) is 15.9 Å². The monoisotopic (exact) mass is 267 g/mol. The SMILES string of the molecule is C#CCN(CC(=O)O)C(=O)c1cc(C)c(F)cc1F. The van der Waals surface area contributed by atoms with Gasteiger partial charge < -0.3 is 10.0 Å². The van der Waals surface area contributed by atoms with Crippen molar-refractivity contribution in [3.8, 4) is 12.3 Å². The molecule has 0 saturated heterocycles. The summed E-state index contributed by atoms with van der Waals surface area (Å²) >= 11 is 0. The molecule has 0 aliphatic heterocycles. The van der Waals surface area contributed by atoms with E-state index >= 15 is 0 Å². The fourth-order valence-electron chi connectivity index (χ4n) is 1.46. The van der Waals surface area contributed by atoms with Crippen LogP contribution in [0.15, 0.2) is 12.1 Å². The van der Waals surface area contributed by atoms with Crippen LogP contribution in [0.3, 0.4) is 0 Å². The Kier molecular flexibility index (Phi) is 4.59. The fraction of sp³-hybridized carbons (Fsp3) is 0.231. The summed E-state index contributed by atoms with van der Waals surface area (Å²) in [7, 11) is 0. The van der Waals surface area contributed by atoms with E-state index in [0.29, 0.717) is 6.07 Å². The number of terminal acetylenes is 1. The number of hydrogen-bond acceptors (Lipinski definition) is 2. The minimum atomic E-state index is -1.28. The molecule has 1 rings (SSSR count). The molecule has 1 aromatic rings. The summed E-state index contributed by atoms with van der Waals surface area (Å²) in [6, 6.07) is 1.61. The molecule has 1 N–H and O–H groups in total. The van der Waals surface area contributed by atoms with E-state index in [0.717, 1.165) is 11.0 Å². The van der Waals surface area contributed by atoms with Gasteiger partial charge in [-0.1, -0.05) is 5.92 Å². The highest BCUT2D eigenvalue weighted by atomic mass is 19.1. The normalized spacial score (nSPS) is 9.79. The van der Waals surface area contributed by atoms with Gasteiger partial charge >= 0.3 is 5.97 Å². The molecule has 0 saturated carbocycles. The Balaban J connectivity index is 3.13. The van der Waals surface area contributed by atoms with Crippen molar-refractivity contribution >= 4 is 11.9 Å². The van der Waals surface area contributed by atoms with Gasteiger partial charge in [0, 0.05) is 6.07 Å². The van der Waals surface area contributed by atoms with Gasteiger partial charge in [-0.05, 0) is 18.6 Å². The number of aryl methyl sites for hydroxylation is 1. The first-order chi connectivity index (χ1) is 8.86. The minimum absolute atomic E-state index is 0.0840. The number of carbonyl (C=O) groups excluding carboxylic acids is 1. The first kappa shape index (κ1) is 14.6. The molecule has 0 bridgehead atoms. The number of carbonyl (C=O) groups is 2. The first-order valence-electron chi connectivity index (χ1n) is 5.27. The Morgan fingerprint density at radius 2 is 2.00 bits per heavy atom. The number of halogens is 2. The second-order valence-corrected chi connectivity index (χ2v) is 3.84. The molecule has 0 atom stereocenters. The maximum Gasteiger partial charge on any atom is 0.323 e. The molecule has 0 aliphatic carbocycles. The van der Waals surface area contributed by atoms with Crippen molar-refractivity contribution in [3.63, 3.8) is 0 Å². The van der Waals surface area contributed by atoms with Crippen molar-refractivity contribution in [1.29, 1.82) is 0 Å². The van der Waals surface area contributed by atoms with E-state index in [1.807, 2.05) is 0 Å². The third-order valence-corrected chi connectivity index (χ3v) is 2.37. The molecule has 4 nitrogen and oxygen atoms in total. The lowest BCUT2D eigenvalue weighted by molar-refractivity contribution is -0.137. The summed E-state index contributed by atoms with van der Waals surface area (Å²) in [5.74, 6) is -1.89. The fourth-order valence-corrected chi connectivity index (χ4v) is 1.46. The van der Waals surface area contributed by atoms with Crippen molar-refractivity contribution in [2.45, 2.75) is 6.92 Å². The summed E-state index contributed by atoms with van der Waals surface area (Å²) in [6.07, 6.45) is 5.02. The van der Waals surface area contributed by atoms with Gasteiger partial charge in [0.15, 0.2) is 0 Å². The van der Waals surface area contributed by atoms with E-state index in [9.17, 15) is 18.4 Å². The van der Waals surface area contributed by atoms with Gasteiger partial charge in [0.05, 0.1) is 12.1 Å². The van der Waals surface area contributed by atoms with Gasteiger partial charge in [-0.15, -0.1) is 6.42 Å². The third-order valence-electron chi connectivity index (χ3n) is 2.37. The molecule has 0 fully saturated rings. The molecule has 0 spiro atoms. The zero-order valence-electron chi connectivity index (χ0n) is 10.1. The molecule has 19 heavy (non-hydrogen) atoms. The van der Waals surface area contributed by atoms with Crippen LogP contribution in [0.2, 0.25) is 0 Å². The average molecular weight is 267 g/mol. The first-order valence-corrected chi connectivity index (χ1v) is 5.27. The van der Waals surface area contributed by atoms with Gasteiger partial charge in [0.2, 0.25) is 0 Å².